The number of allylic oxidation sites excluding steroid dienone is 10. The molecule has 0 bridgehead atoms. The van der Waals surface area contributed by atoms with Crippen LogP contribution in [-0.2, 0) is 33.3 Å². The number of rotatable bonds is 38. The molecule has 0 amide bonds. The SMILES string of the molecule is CC/C=C\C/C=C\C/C=C\C/C=C\CCCCCCC(=O)OCC(COC1OC(C(=O)O)C(O)C(O)C1O)OC(=O)CCCCCCCCC/C=C\CCCCCCCC. The van der Waals surface area contributed by atoms with E-state index in [1.807, 2.05) is 0 Å². The fraction of sp³-hybridized carbons (Fsp3) is 0.735. The molecular weight excluding hydrogens is 765 g/mol. The molecule has 6 atom stereocenters. The zero-order valence-corrected chi connectivity index (χ0v) is 37.2. The number of esters is 2. The number of carboxylic acids is 1. The summed E-state index contributed by atoms with van der Waals surface area (Å²) in [7, 11) is 0. The highest BCUT2D eigenvalue weighted by Crippen LogP contribution is 2.23. The van der Waals surface area contributed by atoms with E-state index in [2.05, 4.69) is 74.6 Å². The minimum absolute atomic E-state index is 0.170. The summed E-state index contributed by atoms with van der Waals surface area (Å²) in [4.78, 5) is 36.9. The summed E-state index contributed by atoms with van der Waals surface area (Å²) in [6.45, 7) is 3.67. The van der Waals surface area contributed by atoms with Gasteiger partial charge in [-0.1, -0.05) is 152 Å². The van der Waals surface area contributed by atoms with Gasteiger partial charge < -0.3 is 39.4 Å². The number of unbranched alkanes of at least 4 members (excludes halogenated alkanes) is 17. The van der Waals surface area contributed by atoms with Crippen LogP contribution >= 0.6 is 0 Å². The topological polar surface area (TPSA) is 169 Å². The highest BCUT2D eigenvalue weighted by molar-refractivity contribution is 5.73. The Hall–Kier alpha value is -3.09. The van der Waals surface area contributed by atoms with Crippen molar-refractivity contribution in [3.05, 3.63) is 60.8 Å². The van der Waals surface area contributed by atoms with E-state index in [9.17, 15) is 34.8 Å². The molecule has 0 aromatic carbocycles. The van der Waals surface area contributed by atoms with Gasteiger partial charge in [0, 0.05) is 12.8 Å². The Kier molecular flexibility index (Phi) is 35.5. The monoisotopic (exact) mass is 847 g/mol. The molecule has 11 nitrogen and oxygen atoms in total. The third kappa shape index (κ3) is 30.0. The zero-order chi connectivity index (χ0) is 43.9. The van der Waals surface area contributed by atoms with Gasteiger partial charge in [0.25, 0.3) is 0 Å². The summed E-state index contributed by atoms with van der Waals surface area (Å²) in [5, 5.41) is 39.8. The molecule has 344 valence electrons. The fourth-order valence-corrected chi connectivity index (χ4v) is 6.69. The Morgan fingerprint density at radius 2 is 0.983 bits per heavy atom. The van der Waals surface area contributed by atoms with E-state index in [4.69, 9.17) is 18.9 Å². The van der Waals surface area contributed by atoms with E-state index in [0.717, 1.165) is 83.5 Å². The Morgan fingerprint density at radius 3 is 1.50 bits per heavy atom. The molecule has 11 heteroatoms. The average molecular weight is 847 g/mol. The minimum Gasteiger partial charge on any atom is -0.479 e. The molecule has 0 aromatic rings. The summed E-state index contributed by atoms with van der Waals surface area (Å²) in [5.41, 5.74) is 0. The van der Waals surface area contributed by atoms with Gasteiger partial charge in [-0.2, -0.15) is 0 Å². The van der Waals surface area contributed by atoms with Crippen molar-refractivity contribution in [3.63, 3.8) is 0 Å². The standard InChI is InChI=1S/C49H82O11/c1-3-5-7-9-11-13-15-17-19-21-23-25-27-29-31-33-35-37-42(50)57-39-41(40-58-49-46(54)44(52)45(53)47(60-49)48(55)56)59-43(51)38-36-34-32-30-28-26-24-22-20-18-16-14-12-10-8-6-4-2/h5,7,11,13,17-20,23,25,41,44-47,49,52-54H,3-4,6,8-10,12,14-16,21-22,24,26-40H2,1-2H3,(H,55,56)/b7-5-,13-11-,19-17-,20-18-,25-23-. The van der Waals surface area contributed by atoms with Crippen LogP contribution in [0.2, 0.25) is 0 Å². The van der Waals surface area contributed by atoms with Crippen molar-refractivity contribution < 1.29 is 53.8 Å². The van der Waals surface area contributed by atoms with Crippen LogP contribution in [0.15, 0.2) is 60.8 Å². The van der Waals surface area contributed by atoms with E-state index < -0.39 is 61.3 Å². The van der Waals surface area contributed by atoms with E-state index in [-0.39, 0.29) is 19.4 Å². The quantitative estimate of drug-likeness (QED) is 0.0265. The highest BCUT2D eigenvalue weighted by Gasteiger charge is 2.47. The number of carbonyl (C=O) groups is 3. The Balaban J connectivity index is 2.38. The molecule has 1 aliphatic heterocycles. The fourth-order valence-electron chi connectivity index (χ4n) is 6.69. The number of carbonyl (C=O) groups excluding carboxylic acids is 2. The van der Waals surface area contributed by atoms with Gasteiger partial charge in [0.2, 0.25) is 0 Å². The van der Waals surface area contributed by atoms with Gasteiger partial charge in [-0.05, 0) is 77.0 Å². The molecule has 1 rings (SSSR count). The maximum Gasteiger partial charge on any atom is 0.335 e. The second kappa shape index (κ2) is 38.8. The number of hydrogen-bond donors (Lipinski definition) is 4. The van der Waals surface area contributed by atoms with Gasteiger partial charge in [-0.15, -0.1) is 0 Å². The first-order chi connectivity index (χ1) is 29.2. The molecule has 1 fully saturated rings. The molecule has 1 aliphatic rings. The predicted octanol–water partition coefficient (Wildman–Crippen LogP) is 10.3. The zero-order valence-electron chi connectivity index (χ0n) is 37.2. The van der Waals surface area contributed by atoms with E-state index in [1.54, 1.807) is 0 Å². The second-order valence-electron chi connectivity index (χ2n) is 15.9. The maximum atomic E-state index is 12.8. The average Bonchev–Trinajstić information content (AvgIpc) is 3.23. The number of aliphatic carboxylic acids is 1. The molecule has 0 aliphatic carbocycles. The first-order valence-corrected chi connectivity index (χ1v) is 23.3. The number of aliphatic hydroxyl groups excluding tert-OH is 3. The van der Waals surface area contributed by atoms with Crippen molar-refractivity contribution in [2.75, 3.05) is 13.2 Å². The van der Waals surface area contributed by atoms with Crippen molar-refractivity contribution >= 4 is 17.9 Å². The molecule has 0 aromatic heterocycles. The molecule has 60 heavy (non-hydrogen) atoms. The highest BCUT2D eigenvalue weighted by atomic mass is 16.7. The van der Waals surface area contributed by atoms with E-state index in [1.165, 1.54) is 57.8 Å². The van der Waals surface area contributed by atoms with E-state index >= 15 is 0 Å². The third-order valence-electron chi connectivity index (χ3n) is 10.4. The third-order valence-corrected chi connectivity index (χ3v) is 10.4. The number of ether oxygens (including phenoxy) is 4. The number of carboxylic acid groups (broad SMARTS) is 1. The van der Waals surface area contributed by atoms with Crippen LogP contribution in [0.3, 0.4) is 0 Å². The smallest absolute Gasteiger partial charge is 0.335 e. The van der Waals surface area contributed by atoms with Gasteiger partial charge in [-0.25, -0.2) is 4.79 Å². The summed E-state index contributed by atoms with van der Waals surface area (Å²) in [6, 6.07) is 0. The van der Waals surface area contributed by atoms with Crippen LogP contribution in [0.25, 0.3) is 0 Å². The predicted molar refractivity (Wildman–Crippen MR) is 238 cm³/mol. The van der Waals surface area contributed by atoms with Crippen LogP contribution in [0.4, 0.5) is 0 Å². The number of hydrogen-bond acceptors (Lipinski definition) is 10. The molecule has 0 radical (unpaired) electrons. The second-order valence-corrected chi connectivity index (χ2v) is 15.9. The van der Waals surface area contributed by atoms with Crippen molar-refractivity contribution in [1.82, 2.24) is 0 Å². The van der Waals surface area contributed by atoms with Crippen molar-refractivity contribution in [3.8, 4) is 0 Å². The van der Waals surface area contributed by atoms with Crippen LogP contribution in [-0.4, -0.2) is 88.4 Å². The molecule has 1 saturated heterocycles. The minimum atomic E-state index is -1.87. The number of aliphatic hydroxyl groups is 3. The molecule has 1 heterocycles. The lowest BCUT2D eigenvalue weighted by Crippen LogP contribution is -2.60. The van der Waals surface area contributed by atoms with E-state index in [0.29, 0.717) is 12.8 Å². The normalized spacial score (nSPS) is 20.3. The summed E-state index contributed by atoms with van der Waals surface area (Å²) in [5.74, 6) is -2.48. The maximum absolute atomic E-state index is 12.8. The molecule has 0 spiro atoms. The Labute approximate surface area is 362 Å². The lowest BCUT2D eigenvalue weighted by Gasteiger charge is -2.38. The summed E-state index contributed by atoms with van der Waals surface area (Å²) < 4.78 is 21.7. The van der Waals surface area contributed by atoms with Gasteiger partial charge in [-0.3, -0.25) is 9.59 Å². The van der Waals surface area contributed by atoms with Crippen LogP contribution < -0.4 is 0 Å². The lowest BCUT2D eigenvalue weighted by atomic mass is 9.99. The molecular formula is C49H82O11. The Bertz CT molecular complexity index is 1230. The van der Waals surface area contributed by atoms with Crippen LogP contribution in [0.5, 0.6) is 0 Å². The summed E-state index contributed by atoms with van der Waals surface area (Å²) >= 11 is 0. The molecule has 4 N–H and O–H groups in total. The van der Waals surface area contributed by atoms with Gasteiger partial charge in [0.15, 0.2) is 18.5 Å². The van der Waals surface area contributed by atoms with Gasteiger partial charge in [0.1, 0.15) is 24.9 Å². The summed E-state index contributed by atoms with van der Waals surface area (Å²) in [6.07, 6.45) is 38.4. The lowest BCUT2D eigenvalue weighted by molar-refractivity contribution is -0.298. The first kappa shape index (κ1) is 54.9. The van der Waals surface area contributed by atoms with Gasteiger partial charge in [0.05, 0.1) is 6.61 Å². The first-order valence-electron chi connectivity index (χ1n) is 23.3. The Morgan fingerprint density at radius 1 is 0.533 bits per heavy atom. The molecule has 0 saturated carbocycles. The molecule has 6 unspecified atom stereocenters. The van der Waals surface area contributed by atoms with Crippen LogP contribution in [0.1, 0.15) is 181 Å². The van der Waals surface area contributed by atoms with Gasteiger partial charge >= 0.3 is 17.9 Å². The van der Waals surface area contributed by atoms with Crippen LogP contribution in [0, 0.1) is 0 Å². The van der Waals surface area contributed by atoms with Crippen molar-refractivity contribution in [2.45, 2.75) is 218 Å². The largest absolute Gasteiger partial charge is 0.479 e. The van der Waals surface area contributed by atoms with Crippen molar-refractivity contribution in [2.24, 2.45) is 0 Å². The van der Waals surface area contributed by atoms with Crippen molar-refractivity contribution in [1.29, 1.82) is 0 Å².